The second-order valence-corrected chi connectivity index (χ2v) is 7.91. The fourth-order valence-electron chi connectivity index (χ4n) is 5.52. The minimum Gasteiger partial charge on any atom is -0.497 e. The van der Waals surface area contributed by atoms with Crippen LogP contribution in [0.1, 0.15) is 44.1 Å². The van der Waals surface area contributed by atoms with Gasteiger partial charge in [-0.2, -0.15) is 0 Å². The Morgan fingerprint density at radius 2 is 1.71 bits per heavy atom. The maximum Gasteiger partial charge on any atom is 0.226 e. The van der Waals surface area contributed by atoms with Crippen molar-refractivity contribution in [2.24, 2.45) is 23.2 Å². The monoisotopic (exact) mass is 323 g/mol. The molecule has 4 aliphatic rings. The van der Waals surface area contributed by atoms with E-state index in [1.54, 1.807) is 7.11 Å². The highest BCUT2D eigenvalue weighted by Gasteiger charge is 2.54. The molecule has 0 heterocycles. The largest absolute Gasteiger partial charge is 0.497 e. The third-order valence-corrected chi connectivity index (χ3v) is 6.18. The van der Waals surface area contributed by atoms with E-state index in [1.165, 1.54) is 19.3 Å². The predicted octanol–water partition coefficient (Wildman–Crippen LogP) is 3.38. The van der Waals surface area contributed by atoms with E-state index in [0.29, 0.717) is 6.54 Å². The molecule has 0 aromatic heterocycles. The van der Waals surface area contributed by atoms with Crippen LogP contribution in [0.2, 0.25) is 0 Å². The van der Waals surface area contributed by atoms with Crippen molar-refractivity contribution in [3.63, 3.8) is 0 Å². The zero-order valence-electron chi connectivity index (χ0n) is 14.3. The Kier molecular flexibility index (Phi) is 4.00. The van der Waals surface area contributed by atoms with Crippen LogP contribution in [0.4, 0.5) is 0 Å². The topological polar surface area (TPSA) is 38.3 Å². The third-order valence-electron chi connectivity index (χ3n) is 6.18. The molecule has 1 N–H and O–H groups in total. The number of hydrogen-bond donors (Lipinski definition) is 1. The summed E-state index contributed by atoms with van der Waals surface area (Å²) in [6.07, 6.45) is 7.42. The molecule has 0 unspecified atom stereocenters. The number of benzene rings is 1. The van der Waals surface area contributed by atoms with Crippen molar-refractivity contribution in [1.29, 1.82) is 0 Å². The molecule has 0 radical (unpaired) electrons. The third kappa shape index (κ3) is 2.90. The summed E-state index contributed by atoms with van der Waals surface area (Å²) in [6, 6.07) is 7.68. The summed E-state index contributed by atoms with van der Waals surface area (Å²) < 4.78 is 5.14. The number of hydrogen-bond acceptors (Lipinski definition) is 2. The molecule has 4 fully saturated rings. The molecule has 24 heavy (non-hydrogen) atoms. The highest BCUT2D eigenvalue weighted by Crippen LogP contribution is 2.60. The van der Waals surface area contributed by atoms with E-state index in [1.807, 2.05) is 24.3 Å². The number of carbonyl (C=O) groups is 1. The van der Waals surface area contributed by atoms with E-state index in [9.17, 15) is 4.79 Å². The molecule has 0 saturated heterocycles. The van der Waals surface area contributed by atoms with Crippen molar-refractivity contribution in [3.05, 3.63) is 29.8 Å². The Morgan fingerprint density at radius 3 is 2.25 bits per heavy atom. The molecular formula is C21H25NO2. The maximum absolute atomic E-state index is 12.8. The Hall–Kier alpha value is -1.95. The number of methoxy groups -OCH3 is 1. The lowest BCUT2D eigenvalue weighted by atomic mass is 9.49. The van der Waals surface area contributed by atoms with Crippen molar-refractivity contribution in [1.82, 2.24) is 5.32 Å². The van der Waals surface area contributed by atoms with Gasteiger partial charge in [-0.1, -0.05) is 11.8 Å². The van der Waals surface area contributed by atoms with Crippen LogP contribution in [0.25, 0.3) is 0 Å². The number of rotatable bonds is 3. The van der Waals surface area contributed by atoms with Gasteiger partial charge in [0.15, 0.2) is 0 Å². The van der Waals surface area contributed by atoms with Crippen LogP contribution in [0.5, 0.6) is 5.75 Å². The average molecular weight is 323 g/mol. The summed E-state index contributed by atoms with van der Waals surface area (Å²) in [5.41, 5.74) is 0.871. The first-order chi connectivity index (χ1) is 11.7. The fourth-order valence-corrected chi connectivity index (χ4v) is 5.52. The fraction of sp³-hybridized carbons (Fsp3) is 0.571. The molecule has 0 atom stereocenters. The molecule has 1 amide bonds. The van der Waals surface area contributed by atoms with E-state index >= 15 is 0 Å². The summed E-state index contributed by atoms with van der Waals surface area (Å²) in [5, 5.41) is 3.10. The molecule has 4 aliphatic carbocycles. The van der Waals surface area contributed by atoms with Crippen molar-refractivity contribution in [2.75, 3.05) is 13.7 Å². The predicted molar refractivity (Wildman–Crippen MR) is 93.5 cm³/mol. The lowest BCUT2D eigenvalue weighted by Gasteiger charge is -2.55. The minimum atomic E-state index is -0.0729. The Balaban J connectivity index is 1.35. The smallest absolute Gasteiger partial charge is 0.226 e. The highest BCUT2D eigenvalue weighted by atomic mass is 16.5. The standard InChI is InChI=1S/C21H25NO2/c1-24-19-6-4-15(5-7-19)3-2-8-22-20(23)21-12-16-9-17(13-21)11-18(10-16)14-21/h4-7,16-18H,8-14H2,1H3,(H,22,23). The summed E-state index contributed by atoms with van der Waals surface area (Å²) in [7, 11) is 1.65. The second kappa shape index (κ2) is 6.16. The molecule has 3 nitrogen and oxygen atoms in total. The second-order valence-electron chi connectivity index (χ2n) is 7.91. The van der Waals surface area contributed by atoms with Crippen LogP contribution in [-0.4, -0.2) is 19.6 Å². The zero-order chi connectivity index (χ0) is 16.6. The van der Waals surface area contributed by atoms with Gasteiger partial charge in [0, 0.05) is 11.0 Å². The minimum absolute atomic E-state index is 0.0729. The lowest BCUT2D eigenvalue weighted by Crippen LogP contribution is -2.53. The van der Waals surface area contributed by atoms with E-state index in [0.717, 1.165) is 48.3 Å². The summed E-state index contributed by atoms with van der Waals surface area (Å²) in [5.74, 6) is 9.66. The average Bonchev–Trinajstić information content (AvgIpc) is 2.58. The Morgan fingerprint density at radius 1 is 1.12 bits per heavy atom. The first-order valence-electron chi connectivity index (χ1n) is 9.08. The van der Waals surface area contributed by atoms with E-state index in [-0.39, 0.29) is 11.3 Å². The van der Waals surface area contributed by atoms with Crippen LogP contribution < -0.4 is 10.1 Å². The van der Waals surface area contributed by atoms with Gasteiger partial charge in [0.2, 0.25) is 5.91 Å². The van der Waals surface area contributed by atoms with Gasteiger partial charge in [0.1, 0.15) is 5.75 Å². The molecule has 4 bridgehead atoms. The molecular weight excluding hydrogens is 298 g/mol. The molecule has 4 saturated carbocycles. The van der Waals surface area contributed by atoms with Gasteiger partial charge in [-0.15, -0.1) is 0 Å². The van der Waals surface area contributed by atoms with Crippen LogP contribution in [0.15, 0.2) is 24.3 Å². The number of carbonyl (C=O) groups excluding carboxylic acids is 1. The molecule has 3 heteroatoms. The highest BCUT2D eigenvalue weighted by molar-refractivity contribution is 5.83. The lowest BCUT2D eigenvalue weighted by molar-refractivity contribution is -0.145. The summed E-state index contributed by atoms with van der Waals surface area (Å²) in [4.78, 5) is 12.8. The first kappa shape index (κ1) is 15.6. The maximum atomic E-state index is 12.8. The number of nitrogens with one attached hydrogen (secondary N) is 1. The Labute approximate surface area is 144 Å². The summed E-state index contributed by atoms with van der Waals surface area (Å²) >= 11 is 0. The van der Waals surface area contributed by atoms with Crippen molar-refractivity contribution in [2.45, 2.75) is 38.5 Å². The molecule has 0 aliphatic heterocycles. The van der Waals surface area contributed by atoms with Gasteiger partial charge >= 0.3 is 0 Å². The van der Waals surface area contributed by atoms with E-state index < -0.39 is 0 Å². The van der Waals surface area contributed by atoms with Gasteiger partial charge in [-0.05, 0) is 80.5 Å². The SMILES string of the molecule is COc1ccc(C#CCNC(=O)C23CC4CC(CC(C4)C2)C3)cc1. The van der Waals surface area contributed by atoms with Crippen LogP contribution in [-0.2, 0) is 4.79 Å². The van der Waals surface area contributed by atoms with Gasteiger partial charge in [0.05, 0.1) is 13.7 Å². The number of amides is 1. The van der Waals surface area contributed by atoms with Crippen LogP contribution in [0.3, 0.4) is 0 Å². The first-order valence-corrected chi connectivity index (χ1v) is 9.08. The molecule has 5 rings (SSSR count). The van der Waals surface area contributed by atoms with Crippen LogP contribution >= 0.6 is 0 Å². The zero-order valence-corrected chi connectivity index (χ0v) is 14.3. The van der Waals surface area contributed by atoms with Crippen molar-refractivity contribution >= 4 is 5.91 Å². The Bertz CT molecular complexity index is 645. The molecule has 1 aromatic rings. The molecule has 126 valence electrons. The summed E-state index contributed by atoms with van der Waals surface area (Å²) in [6.45, 7) is 0.437. The quantitative estimate of drug-likeness (QED) is 0.866. The molecule has 0 spiro atoms. The van der Waals surface area contributed by atoms with E-state index in [4.69, 9.17) is 4.74 Å². The van der Waals surface area contributed by atoms with Gasteiger partial charge in [-0.3, -0.25) is 4.79 Å². The number of ether oxygens (including phenoxy) is 1. The molecule has 1 aromatic carbocycles. The van der Waals surface area contributed by atoms with Gasteiger partial charge < -0.3 is 10.1 Å². The van der Waals surface area contributed by atoms with Crippen molar-refractivity contribution in [3.8, 4) is 17.6 Å². The van der Waals surface area contributed by atoms with Gasteiger partial charge in [-0.25, -0.2) is 0 Å². The van der Waals surface area contributed by atoms with Crippen LogP contribution in [0, 0.1) is 35.0 Å². The van der Waals surface area contributed by atoms with Crippen molar-refractivity contribution < 1.29 is 9.53 Å². The van der Waals surface area contributed by atoms with Gasteiger partial charge in [0.25, 0.3) is 0 Å². The van der Waals surface area contributed by atoms with E-state index in [2.05, 4.69) is 17.2 Å². The normalized spacial score (nSPS) is 32.8.